The molecule has 0 bridgehead atoms. The molecule has 0 aliphatic carbocycles. The van der Waals surface area contributed by atoms with Crippen molar-refractivity contribution in [3.8, 4) is 0 Å². The number of hydrogen-bond acceptors (Lipinski definition) is 4. The van der Waals surface area contributed by atoms with E-state index in [1.165, 1.54) is 0 Å². The summed E-state index contributed by atoms with van der Waals surface area (Å²) in [5, 5.41) is 10.4. The first-order valence-corrected chi connectivity index (χ1v) is 9.95. The number of hydrogen-bond donors (Lipinski definition) is 2. The predicted octanol–water partition coefficient (Wildman–Crippen LogP) is 1.96. The van der Waals surface area contributed by atoms with Crippen molar-refractivity contribution in [2.75, 3.05) is 18.8 Å². The lowest BCUT2D eigenvalue weighted by Gasteiger charge is -2.11. The van der Waals surface area contributed by atoms with Gasteiger partial charge in [-0.05, 0) is 31.5 Å². The van der Waals surface area contributed by atoms with Crippen LogP contribution in [-0.4, -0.2) is 43.0 Å². The van der Waals surface area contributed by atoms with Gasteiger partial charge < -0.3 is 10.6 Å². The van der Waals surface area contributed by atoms with Gasteiger partial charge >= 0.3 is 0 Å². The molecule has 0 unspecified atom stereocenters. The molecule has 0 saturated carbocycles. The van der Waals surface area contributed by atoms with Crippen molar-refractivity contribution in [2.24, 2.45) is 12.0 Å². The molecular formula is C17H26IN5O2S. The van der Waals surface area contributed by atoms with E-state index in [1.807, 2.05) is 26.1 Å². The zero-order valence-corrected chi connectivity index (χ0v) is 18.2. The first-order chi connectivity index (χ1) is 12.0. The molecule has 2 rings (SSSR count). The number of nitrogens with zero attached hydrogens (tertiary/aromatic N) is 3. The number of aromatic nitrogens is 2. The van der Waals surface area contributed by atoms with Gasteiger partial charge in [0.25, 0.3) is 0 Å². The van der Waals surface area contributed by atoms with Crippen molar-refractivity contribution in [1.29, 1.82) is 0 Å². The number of aryl methyl sites for hydroxylation is 1. The van der Waals surface area contributed by atoms with Crippen molar-refractivity contribution in [1.82, 2.24) is 20.4 Å². The molecule has 0 saturated heterocycles. The van der Waals surface area contributed by atoms with E-state index in [4.69, 9.17) is 0 Å². The van der Waals surface area contributed by atoms with E-state index in [0.717, 1.165) is 12.2 Å². The maximum atomic E-state index is 12.2. The van der Waals surface area contributed by atoms with E-state index in [0.29, 0.717) is 30.4 Å². The molecule has 0 aliphatic heterocycles. The van der Waals surface area contributed by atoms with E-state index in [9.17, 15) is 8.42 Å². The second kappa shape index (κ2) is 11.2. The molecule has 0 amide bonds. The molecule has 0 atom stereocenters. The van der Waals surface area contributed by atoms with Gasteiger partial charge in [-0.2, -0.15) is 5.10 Å². The maximum absolute atomic E-state index is 12.2. The summed E-state index contributed by atoms with van der Waals surface area (Å²) in [5.74, 6) is 0.770. The van der Waals surface area contributed by atoms with E-state index in [2.05, 4.69) is 20.7 Å². The van der Waals surface area contributed by atoms with Crippen LogP contribution >= 0.6 is 24.0 Å². The standard InChI is InChI=1S/C17H25N5O2S.HI/c1-3-18-17(20-14-15-10-12-21-22(15)2)19-11-7-13-25(23,24)16-8-5-4-6-9-16;/h4-6,8-10,12H,3,7,11,13-14H2,1-2H3,(H2,18,19,20);1H. The summed E-state index contributed by atoms with van der Waals surface area (Å²) in [5.41, 5.74) is 1.00. The summed E-state index contributed by atoms with van der Waals surface area (Å²) >= 11 is 0. The molecule has 2 aromatic rings. The zero-order valence-electron chi connectivity index (χ0n) is 15.1. The van der Waals surface area contributed by atoms with Crippen molar-refractivity contribution < 1.29 is 8.42 Å². The Kier molecular flexibility index (Phi) is 9.63. The molecule has 1 aromatic carbocycles. The fraction of sp³-hybridized carbons (Fsp3) is 0.412. The second-order valence-electron chi connectivity index (χ2n) is 5.55. The highest BCUT2D eigenvalue weighted by Gasteiger charge is 2.13. The summed E-state index contributed by atoms with van der Waals surface area (Å²) in [6.07, 6.45) is 2.24. The number of halogens is 1. The Balaban J connectivity index is 0.00000338. The smallest absolute Gasteiger partial charge is 0.191 e. The number of aliphatic imine (C=N–C) groups is 1. The summed E-state index contributed by atoms with van der Waals surface area (Å²) in [6, 6.07) is 10.4. The molecule has 0 fully saturated rings. The van der Waals surface area contributed by atoms with Crippen LogP contribution in [0.1, 0.15) is 19.0 Å². The first kappa shape index (κ1) is 22.4. The average molecular weight is 491 g/mol. The molecule has 9 heteroatoms. The normalized spacial score (nSPS) is 11.7. The van der Waals surface area contributed by atoms with Gasteiger partial charge in [0.2, 0.25) is 0 Å². The number of nitrogens with one attached hydrogen (secondary N) is 2. The van der Waals surface area contributed by atoms with Crippen LogP contribution in [0.2, 0.25) is 0 Å². The molecule has 144 valence electrons. The van der Waals surface area contributed by atoms with E-state index < -0.39 is 9.84 Å². The van der Waals surface area contributed by atoms with Crippen molar-refractivity contribution in [3.63, 3.8) is 0 Å². The Labute approximate surface area is 172 Å². The quantitative estimate of drug-likeness (QED) is 0.255. The molecular weight excluding hydrogens is 465 g/mol. The largest absolute Gasteiger partial charge is 0.357 e. The molecule has 1 aromatic heterocycles. The molecule has 1 heterocycles. The van der Waals surface area contributed by atoms with Crippen LogP contribution in [0.3, 0.4) is 0 Å². The highest BCUT2D eigenvalue weighted by Crippen LogP contribution is 2.10. The third kappa shape index (κ3) is 6.94. The lowest BCUT2D eigenvalue weighted by Crippen LogP contribution is -2.38. The number of guanidine groups is 1. The van der Waals surface area contributed by atoms with E-state index in [1.54, 1.807) is 35.1 Å². The number of rotatable bonds is 8. The summed E-state index contributed by atoms with van der Waals surface area (Å²) < 4.78 is 26.3. The minimum Gasteiger partial charge on any atom is -0.357 e. The van der Waals surface area contributed by atoms with Gasteiger partial charge in [0.1, 0.15) is 0 Å². The lowest BCUT2D eigenvalue weighted by atomic mass is 10.4. The maximum Gasteiger partial charge on any atom is 0.191 e. The Morgan fingerprint density at radius 2 is 1.92 bits per heavy atom. The van der Waals surface area contributed by atoms with Crippen LogP contribution in [0, 0.1) is 0 Å². The minimum absolute atomic E-state index is 0. The van der Waals surface area contributed by atoms with Crippen LogP contribution in [0.5, 0.6) is 0 Å². The number of benzene rings is 1. The average Bonchev–Trinajstić information content (AvgIpc) is 3.02. The zero-order chi connectivity index (χ0) is 18.1. The van der Waals surface area contributed by atoms with Crippen LogP contribution < -0.4 is 10.6 Å². The van der Waals surface area contributed by atoms with E-state index >= 15 is 0 Å². The fourth-order valence-electron chi connectivity index (χ4n) is 2.27. The molecule has 2 N–H and O–H groups in total. The van der Waals surface area contributed by atoms with Crippen LogP contribution in [0.25, 0.3) is 0 Å². The number of sulfone groups is 1. The van der Waals surface area contributed by atoms with Crippen LogP contribution in [0.4, 0.5) is 0 Å². The monoisotopic (exact) mass is 491 g/mol. The van der Waals surface area contributed by atoms with Crippen molar-refractivity contribution in [3.05, 3.63) is 48.3 Å². The summed E-state index contributed by atoms with van der Waals surface area (Å²) in [4.78, 5) is 4.86. The molecule has 0 radical (unpaired) electrons. The Bertz CT molecular complexity index is 790. The minimum atomic E-state index is -3.24. The van der Waals surface area contributed by atoms with Crippen molar-refractivity contribution >= 4 is 39.8 Å². The highest BCUT2D eigenvalue weighted by molar-refractivity contribution is 14.0. The lowest BCUT2D eigenvalue weighted by molar-refractivity contribution is 0.592. The van der Waals surface area contributed by atoms with Gasteiger partial charge in [-0.1, -0.05) is 18.2 Å². The Morgan fingerprint density at radius 3 is 2.54 bits per heavy atom. The predicted molar refractivity (Wildman–Crippen MR) is 115 cm³/mol. The summed E-state index contributed by atoms with van der Waals surface area (Å²) in [7, 11) is -1.36. The first-order valence-electron chi connectivity index (χ1n) is 8.30. The van der Waals surface area contributed by atoms with E-state index in [-0.39, 0.29) is 29.7 Å². The van der Waals surface area contributed by atoms with Gasteiger partial charge in [-0.15, -0.1) is 24.0 Å². The molecule has 0 aliphatic rings. The topological polar surface area (TPSA) is 88.4 Å². The van der Waals surface area contributed by atoms with Gasteiger partial charge in [-0.25, -0.2) is 13.4 Å². The Morgan fingerprint density at radius 1 is 1.19 bits per heavy atom. The third-order valence-corrected chi connectivity index (χ3v) is 5.47. The van der Waals surface area contributed by atoms with Gasteiger partial charge in [-0.3, -0.25) is 4.68 Å². The van der Waals surface area contributed by atoms with Gasteiger partial charge in [0, 0.05) is 26.3 Å². The summed E-state index contributed by atoms with van der Waals surface area (Å²) in [6.45, 7) is 3.76. The fourth-order valence-corrected chi connectivity index (χ4v) is 3.60. The molecule has 26 heavy (non-hydrogen) atoms. The van der Waals surface area contributed by atoms with Gasteiger partial charge in [0.15, 0.2) is 15.8 Å². The molecule has 0 spiro atoms. The van der Waals surface area contributed by atoms with Gasteiger partial charge in [0.05, 0.1) is 22.9 Å². The second-order valence-corrected chi connectivity index (χ2v) is 7.66. The Hall–Kier alpha value is -1.62. The molecule has 7 nitrogen and oxygen atoms in total. The SMILES string of the molecule is CCNC(=NCc1ccnn1C)NCCCS(=O)(=O)c1ccccc1.I. The third-order valence-electron chi connectivity index (χ3n) is 3.65. The van der Waals surface area contributed by atoms with Crippen LogP contribution in [0.15, 0.2) is 52.5 Å². The van der Waals surface area contributed by atoms with Crippen molar-refractivity contribution in [2.45, 2.75) is 24.8 Å². The van der Waals surface area contributed by atoms with Crippen LogP contribution in [-0.2, 0) is 23.4 Å². The highest BCUT2D eigenvalue weighted by atomic mass is 127.